The van der Waals surface area contributed by atoms with E-state index in [2.05, 4.69) is 20.8 Å². The summed E-state index contributed by atoms with van der Waals surface area (Å²) in [4.78, 5) is 26.8. The lowest BCUT2D eigenvalue weighted by Crippen LogP contribution is -2.36. The molecule has 2 N–H and O–H groups in total. The monoisotopic (exact) mass is 301 g/mol. The Hall–Kier alpha value is -3.16. The van der Waals surface area contributed by atoms with E-state index in [9.17, 15) is 9.59 Å². The van der Waals surface area contributed by atoms with E-state index in [1.165, 1.54) is 29.5 Å². The van der Waals surface area contributed by atoms with Gasteiger partial charge in [0.15, 0.2) is 0 Å². The molecule has 0 radical (unpaired) electrons. The third-order valence-corrected chi connectivity index (χ3v) is 2.66. The number of methoxy groups -OCH3 is 1. The summed E-state index contributed by atoms with van der Waals surface area (Å²) in [6.45, 7) is -0.184. The first-order valence-electron chi connectivity index (χ1n) is 6.41. The van der Waals surface area contributed by atoms with Crippen LogP contribution in [0.2, 0.25) is 0 Å². The van der Waals surface area contributed by atoms with Gasteiger partial charge in [0.2, 0.25) is 0 Å². The van der Waals surface area contributed by atoms with Crippen LogP contribution in [0.1, 0.15) is 5.56 Å². The van der Waals surface area contributed by atoms with Crippen LogP contribution in [0.5, 0.6) is 5.75 Å². The molecule has 8 nitrogen and oxygen atoms in total. The number of hydrogen-bond acceptors (Lipinski definition) is 5. The highest BCUT2D eigenvalue weighted by molar-refractivity contribution is 5.86. The summed E-state index contributed by atoms with van der Waals surface area (Å²) in [6, 6.07) is 6.74. The third-order valence-electron chi connectivity index (χ3n) is 2.66. The second-order valence-corrected chi connectivity index (χ2v) is 4.19. The largest absolute Gasteiger partial charge is 0.497 e. The second-order valence-electron chi connectivity index (χ2n) is 4.19. The molecule has 22 heavy (non-hydrogen) atoms. The molecule has 114 valence electrons. The molecule has 1 heterocycles. The first-order valence-corrected chi connectivity index (χ1v) is 6.41. The number of aromatic nitrogens is 2. The molecule has 0 fully saturated rings. The molecule has 0 aliphatic carbocycles. The number of hydrazone groups is 1. The van der Waals surface area contributed by atoms with Gasteiger partial charge in [-0.15, -0.1) is 0 Å². The highest BCUT2D eigenvalue weighted by Crippen LogP contribution is 2.09. The van der Waals surface area contributed by atoms with E-state index in [1.807, 2.05) is 0 Å². The van der Waals surface area contributed by atoms with Gasteiger partial charge in [-0.05, 0) is 29.8 Å². The molecule has 0 unspecified atom stereocenters. The highest BCUT2D eigenvalue weighted by Gasteiger charge is 2.05. The average Bonchev–Trinajstić information content (AvgIpc) is 3.08. The van der Waals surface area contributed by atoms with Crippen LogP contribution in [0.3, 0.4) is 0 Å². The van der Waals surface area contributed by atoms with Gasteiger partial charge in [0.05, 0.1) is 13.3 Å². The molecule has 2 amide bonds. The number of rotatable bonds is 5. The number of nitrogens with one attached hydrogen (secondary N) is 2. The van der Waals surface area contributed by atoms with Gasteiger partial charge in [0, 0.05) is 12.4 Å². The van der Waals surface area contributed by atoms with E-state index in [0.717, 1.165) is 11.3 Å². The summed E-state index contributed by atoms with van der Waals surface area (Å²) >= 11 is 0. The molecule has 0 atom stereocenters. The van der Waals surface area contributed by atoms with Gasteiger partial charge in [-0.2, -0.15) is 5.10 Å². The van der Waals surface area contributed by atoms with Crippen molar-refractivity contribution in [1.29, 1.82) is 0 Å². The molecule has 0 bridgehead atoms. The van der Waals surface area contributed by atoms with Gasteiger partial charge < -0.3 is 10.1 Å². The maximum Gasteiger partial charge on any atom is 0.327 e. The Morgan fingerprint density at radius 1 is 1.36 bits per heavy atom. The minimum absolute atomic E-state index is 0.184. The lowest BCUT2D eigenvalue weighted by Gasteiger charge is -2.03. The van der Waals surface area contributed by atoms with E-state index in [4.69, 9.17) is 4.74 Å². The van der Waals surface area contributed by atoms with Crippen molar-refractivity contribution in [2.24, 2.45) is 5.10 Å². The van der Waals surface area contributed by atoms with E-state index in [-0.39, 0.29) is 6.54 Å². The van der Waals surface area contributed by atoms with Crippen LogP contribution < -0.4 is 15.5 Å². The van der Waals surface area contributed by atoms with Crippen molar-refractivity contribution in [2.75, 3.05) is 13.7 Å². The first-order chi connectivity index (χ1) is 10.7. The quantitative estimate of drug-likeness (QED) is 0.624. The fourth-order valence-electron chi connectivity index (χ4n) is 1.53. The van der Waals surface area contributed by atoms with Gasteiger partial charge in [-0.25, -0.2) is 15.2 Å². The number of ether oxygens (including phenoxy) is 1. The fraction of sp³-hybridized carbons (Fsp3) is 0.143. The van der Waals surface area contributed by atoms with Crippen molar-refractivity contribution >= 4 is 18.2 Å². The molecule has 0 aliphatic rings. The summed E-state index contributed by atoms with van der Waals surface area (Å²) in [5, 5.41) is 6.23. The fourth-order valence-corrected chi connectivity index (χ4v) is 1.53. The van der Waals surface area contributed by atoms with E-state index in [1.54, 1.807) is 31.4 Å². The van der Waals surface area contributed by atoms with Crippen molar-refractivity contribution in [3.05, 3.63) is 48.5 Å². The molecule has 0 saturated carbocycles. The molecule has 8 heteroatoms. The normalized spacial score (nSPS) is 10.4. The summed E-state index contributed by atoms with van der Waals surface area (Å²) < 4.78 is 6.27. The minimum atomic E-state index is -0.438. The smallest absolute Gasteiger partial charge is 0.327 e. The van der Waals surface area contributed by atoms with Crippen LogP contribution in [0.25, 0.3) is 0 Å². The zero-order valence-corrected chi connectivity index (χ0v) is 11.9. The Bertz CT molecular complexity index is 650. The van der Waals surface area contributed by atoms with Crippen LogP contribution in [0, 0.1) is 0 Å². The van der Waals surface area contributed by atoms with Crippen molar-refractivity contribution in [3.8, 4) is 5.75 Å². The zero-order chi connectivity index (χ0) is 15.8. The average molecular weight is 301 g/mol. The lowest BCUT2D eigenvalue weighted by atomic mass is 10.2. The van der Waals surface area contributed by atoms with Crippen molar-refractivity contribution in [2.45, 2.75) is 0 Å². The minimum Gasteiger partial charge on any atom is -0.497 e. The summed E-state index contributed by atoms with van der Waals surface area (Å²) in [7, 11) is 1.58. The summed E-state index contributed by atoms with van der Waals surface area (Å²) in [6.07, 6.45) is 5.79. The molecule has 2 aromatic rings. The Balaban J connectivity index is 1.75. The molecule has 1 aromatic carbocycles. The van der Waals surface area contributed by atoms with Crippen LogP contribution in [-0.4, -0.2) is 41.4 Å². The number of nitrogens with zero attached hydrogens (tertiary/aromatic N) is 3. The molecule has 2 rings (SSSR count). The van der Waals surface area contributed by atoms with Crippen LogP contribution in [0.15, 0.2) is 48.1 Å². The highest BCUT2D eigenvalue weighted by atomic mass is 16.5. The Labute approximate surface area is 126 Å². The standard InChI is InChI=1S/C14H15N5O3/c1-22-12-4-2-11(3-5-12)8-17-18-13(20)9-16-14(21)19-7-6-15-10-19/h2-8,10H,9H2,1H3,(H,16,21)(H,18,20)/b17-8+. The van der Waals surface area contributed by atoms with Crippen LogP contribution >= 0.6 is 0 Å². The van der Waals surface area contributed by atoms with Gasteiger partial charge >= 0.3 is 6.03 Å². The van der Waals surface area contributed by atoms with E-state index in [0.29, 0.717) is 0 Å². The maximum atomic E-state index is 11.5. The third kappa shape index (κ3) is 4.44. The van der Waals surface area contributed by atoms with Crippen molar-refractivity contribution < 1.29 is 14.3 Å². The van der Waals surface area contributed by atoms with Gasteiger partial charge in [0.25, 0.3) is 5.91 Å². The molecule has 0 saturated heterocycles. The molecule has 0 aliphatic heterocycles. The van der Waals surface area contributed by atoms with Gasteiger partial charge in [0.1, 0.15) is 18.6 Å². The van der Waals surface area contributed by atoms with Crippen molar-refractivity contribution in [1.82, 2.24) is 20.3 Å². The van der Waals surface area contributed by atoms with Crippen LogP contribution in [0.4, 0.5) is 4.79 Å². The predicted molar refractivity (Wildman–Crippen MR) is 79.8 cm³/mol. The summed E-state index contributed by atoms with van der Waals surface area (Å²) in [5.74, 6) is 0.307. The Morgan fingerprint density at radius 3 is 2.77 bits per heavy atom. The second kappa shape index (κ2) is 7.58. The number of benzene rings is 1. The van der Waals surface area contributed by atoms with E-state index >= 15 is 0 Å². The number of amides is 2. The zero-order valence-electron chi connectivity index (χ0n) is 11.9. The molecular weight excluding hydrogens is 286 g/mol. The summed E-state index contributed by atoms with van der Waals surface area (Å²) in [5.41, 5.74) is 3.13. The Kier molecular flexibility index (Phi) is 5.25. The predicted octanol–water partition coefficient (Wildman–Crippen LogP) is 0.600. The SMILES string of the molecule is COc1ccc(/C=N/NC(=O)CNC(=O)n2ccnc2)cc1. The van der Waals surface area contributed by atoms with E-state index < -0.39 is 11.9 Å². The van der Waals surface area contributed by atoms with Gasteiger partial charge in [-0.1, -0.05) is 0 Å². The topological polar surface area (TPSA) is 97.6 Å². The molecule has 1 aromatic heterocycles. The molecular formula is C14H15N5O3. The molecule has 0 spiro atoms. The number of imidazole rings is 1. The maximum absolute atomic E-state index is 11.5. The first kappa shape index (κ1) is 15.2. The van der Waals surface area contributed by atoms with Crippen LogP contribution in [-0.2, 0) is 4.79 Å². The number of hydrogen-bond donors (Lipinski definition) is 2. The number of carbonyl (C=O) groups is 2. The van der Waals surface area contributed by atoms with Crippen molar-refractivity contribution in [3.63, 3.8) is 0 Å². The van der Waals surface area contributed by atoms with Gasteiger partial charge in [-0.3, -0.25) is 9.36 Å². The lowest BCUT2D eigenvalue weighted by molar-refractivity contribution is -0.120. The Morgan fingerprint density at radius 2 is 2.14 bits per heavy atom. The number of carbonyl (C=O) groups excluding carboxylic acids is 2.